The van der Waals surface area contributed by atoms with Crippen LogP contribution in [0, 0.1) is 5.82 Å². The number of carbonyl (C=O) groups excluding carboxylic acids is 1. The monoisotopic (exact) mass is 280 g/mol. The molecule has 0 aliphatic heterocycles. The predicted molar refractivity (Wildman–Crippen MR) is 71.4 cm³/mol. The molecule has 0 atom stereocenters. The molecule has 1 amide bonds. The van der Waals surface area contributed by atoms with E-state index in [1.165, 1.54) is 30.6 Å². The lowest BCUT2D eigenvalue weighted by Crippen LogP contribution is -2.18. The molecule has 0 radical (unpaired) electrons. The first-order valence-corrected chi connectivity index (χ1v) is 5.66. The Labute approximate surface area is 113 Å². The largest absolute Gasteiger partial charge is 0.322 e. The van der Waals surface area contributed by atoms with Gasteiger partial charge >= 0.3 is 0 Å². The number of anilines is 2. The number of halogens is 2. The molecular formula is C12H10ClFN4O. The van der Waals surface area contributed by atoms with Gasteiger partial charge < -0.3 is 10.7 Å². The van der Waals surface area contributed by atoms with Crippen molar-refractivity contribution in [3.8, 4) is 0 Å². The smallest absolute Gasteiger partial charge is 0.258 e. The zero-order valence-electron chi connectivity index (χ0n) is 9.65. The molecule has 0 saturated heterocycles. The number of benzene rings is 1. The Balaban J connectivity index is 2.26. The highest BCUT2D eigenvalue weighted by molar-refractivity contribution is 6.30. The van der Waals surface area contributed by atoms with E-state index < -0.39 is 11.7 Å². The van der Waals surface area contributed by atoms with Crippen LogP contribution in [0.15, 0.2) is 36.7 Å². The van der Waals surface area contributed by atoms with Gasteiger partial charge in [-0.25, -0.2) is 4.39 Å². The molecule has 0 spiro atoms. The number of carbonyl (C=O) groups is 1. The SMILES string of the molecule is NNc1cnccc1C(=O)Nc1ccc(Cl)cc1F. The molecule has 0 fully saturated rings. The molecule has 0 aliphatic carbocycles. The minimum Gasteiger partial charge on any atom is -0.322 e. The van der Waals surface area contributed by atoms with Gasteiger partial charge in [0.05, 0.1) is 23.1 Å². The Morgan fingerprint density at radius 2 is 2.11 bits per heavy atom. The van der Waals surface area contributed by atoms with Crippen LogP contribution in [-0.4, -0.2) is 10.9 Å². The van der Waals surface area contributed by atoms with Crippen LogP contribution in [0.3, 0.4) is 0 Å². The molecule has 7 heteroatoms. The molecular weight excluding hydrogens is 271 g/mol. The summed E-state index contributed by atoms with van der Waals surface area (Å²) in [7, 11) is 0. The van der Waals surface area contributed by atoms with Crippen LogP contribution >= 0.6 is 11.6 Å². The summed E-state index contributed by atoms with van der Waals surface area (Å²) in [5.74, 6) is 4.15. The summed E-state index contributed by atoms with van der Waals surface area (Å²) in [6, 6.07) is 5.45. The van der Waals surface area contributed by atoms with Crippen molar-refractivity contribution < 1.29 is 9.18 Å². The minimum atomic E-state index is -0.614. The van der Waals surface area contributed by atoms with Crippen LogP contribution in [-0.2, 0) is 0 Å². The second-order valence-corrected chi connectivity index (χ2v) is 4.08. The molecule has 1 heterocycles. The molecule has 0 saturated carbocycles. The van der Waals surface area contributed by atoms with Crippen molar-refractivity contribution in [3.63, 3.8) is 0 Å². The summed E-state index contributed by atoms with van der Waals surface area (Å²) in [5.41, 5.74) is 2.98. The van der Waals surface area contributed by atoms with E-state index >= 15 is 0 Å². The topological polar surface area (TPSA) is 80.0 Å². The average molecular weight is 281 g/mol. The maximum Gasteiger partial charge on any atom is 0.258 e. The Kier molecular flexibility index (Phi) is 3.94. The summed E-state index contributed by atoms with van der Waals surface area (Å²) < 4.78 is 13.6. The van der Waals surface area contributed by atoms with Gasteiger partial charge in [-0.2, -0.15) is 0 Å². The van der Waals surface area contributed by atoms with Crippen molar-refractivity contribution >= 4 is 28.9 Å². The molecule has 19 heavy (non-hydrogen) atoms. The fraction of sp³-hybridized carbons (Fsp3) is 0. The van der Waals surface area contributed by atoms with Crippen LogP contribution < -0.4 is 16.6 Å². The number of nitrogens with one attached hydrogen (secondary N) is 2. The van der Waals surface area contributed by atoms with E-state index in [0.717, 1.165) is 6.07 Å². The summed E-state index contributed by atoms with van der Waals surface area (Å²) in [6.45, 7) is 0. The number of hydrogen-bond donors (Lipinski definition) is 3. The van der Waals surface area contributed by atoms with Gasteiger partial charge in [-0.05, 0) is 24.3 Å². The fourth-order valence-corrected chi connectivity index (χ4v) is 1.65. The lowest BCUT2D eigenvalue weighted by molar-refractivity contribution is 0.102. The van der Waals surface area contributed by atoms with Gasteiger partial charge in [0.1, 0.15) is 5.82 Å². The number of amides is 1. The van der Waals surface area contributed by atoms with E-state index in [-0.39, 0.29) is 16.3 Å². The summed E-state index contributed by atoms with van der Waals surface area (Å²) in [5, 5.41) is 2.69. The quantitative estimate of drug-likeness (QED) is 0.596. The van der Waals surface area contributed by atoms with Crippen LogP contribution in [0.4, 0.5) is 15.8 Å². The third kappa shape index (κ3) is 2.98. The van der Waals surface area contributed by atoms with Crippen molar-refractivity contribution in [2.24, 2.45) is 5.84 Å². The van der Waals surface area contributed by atoms with Crippen molar-refractivity contribution in [2.45, 2.75) is 0 Å². The summed E-state index contributed by atoms with van der Waals surface area (Å²) in [6.07, 6.45) is 2.83. The van der Waals surface area contributed by atoms with E-state index in [9.17, 15) is 9.18 Å². The Morgan fingerprint density at radius 1 is 1.32 bits per heavy atom. The Morgan fingerprint density at radius 3 is 2.79 bits per heavy atom. The van der Waals surface area contributed by atoms with Gasteiger partial charge in [0.2, 0.25) is 0 Å². The first-order valence-electron chi connectivity index (χ1n) is 5.29. The number of hydrogen-bond acceptors (Lipinski definition) is 4. The van der Waals surface area contributed by atoms with Crippen molar-refractivity contribution in [1.82, 2.24) is 4.98 Å². The third-order valence-electron chi connectivity index (χ3n) is 2.40. The third-order valence-corrected chi connectivity index (χ3v) is 2.64. The zero-order chi connectivity index (χ0) is 13.8. The van der Waals surface area contributed by atoms with Crippen LogP contribution in [0.2, 0.25) is 5.02 Å². The maximum absolute atomic E-state index is 13.6. The number of rotatable bonds is 3. The molecule has 2 aromatic rings. The zero-order valence-corrected chi connectivity index (χ0v) is 10.4. The van der Waals surface area contributed by atoms with E-state index in [1.54, 1.807) is 0 Å². The Hall–Kier alpha value is -2.18. The first kappa shape index (κ1) is 13.3. The Bertz CT molecular complexity index is 620. The lowest BCUT2D eigenvalue weighted by atomic mass is 10.2. The van der Waals surface area contributed by atoms with Crippen LogP contribution in [0.25, 0.3) is 0 Å². The molecule has 98 valence electrons. The van der Waals surface area contributed by atoms with E-state index in [1.807, 2.05) is 0 Å². The number of pyridine rings is 1. The molecule has 0 unspecified atom stereocenters. The van der Waals surface area contributed by atoms with E-state index in [2.05, 4.69) is 15.7 Å². The van der Waals surface area contributed by atoms with E-state index in [4.69, 9.17) is 17.4 Å². The second kappa shape index (κ2) is 5.64. The molecule has 5 nitrogen and oxygen atoms in total. The molecule has 2 rings (SSSR count). The summed E-state index contributed by atoms with van der Waals surface area (Å²) in [4.78, 5) is 15.8. The predicted octanol–water partition coefficient (Wildman–Crippen LogP) is 2.41. The van der Waals surface area contributed by atoms with Gasteiger partial charge in [-0.1, -0.05) is 11.6 Å². The number of nitrogens with two attached hydrogens (primary N) is 1. The minimum absolute atomic E-state index is 0.0363. The molecule has 4 N–H and O–H groups in total. The normalized spacial score (nSPS) is 10.1. The molecule has 1 aromatic heterocycles. The maximum atomic E-state index is 13.6. The van der Waals surface area contributed by atoms with Crippen molar-refractivity contribution in [2.75, 3.05) is 10.7 Å². The average Bonchev–Trinajstić information content (AvgIpc) is 2.41. The number of hydrazine groups is 1. The molecule has 0 aliphatic rings. The summed E-state index contributed by atoms with van der Waals surface area (Å²) >= 11 is 5.63. The van der Waals surface area contributed by atoms with Crippen LogP contribution in [0.5, 0.6) is 0 Å². The second-order valence-electron chi connectivity index (χ2n) is 3.64. The standard InChI is InChI=1S/C12H10ClFN4O/c13-7-1-2-10(9(14)5-7)17-12(19)8-3-4-16-6-11(8)18-15/h1-6,18H,15H2,(H,17,19). The fourth-order valence-electron chi connectivity index (χ4n) is 1.49. The molecule has 1 aromatic carbocycles. The van der Waals surface area contributed by atoms with Gasteiger partial charge in [-0.15, -0.1) is 0 Å². The van der Waals surface area contributed by atoms with Gasteiger partial charge in [0, 0.05) is 11.2 Å². The number of nitrogens with zero attached hydrogens (tertiary/aromatic N) is 1. The van der Waals surface area contributed by atoms with Gasteiger partial charge in [0.15, 0.2) is 0 Å². The number of nitrogen functional groups attached to an aromatic ring is 1. The highest BCUT2D eigenvalue weighted by atomic mass is 35.5. The first-order chi connectivity index (χ1) is 9.11. The highest BCUT2D eigenvalue weighted by Crippen LogP contribution is 2.20. The highest BCUT2D eigenvalue weighted by Gasteiger charge is 2.13. The molecule has 0 bridgehead atoms. The van der Waals surface area contributed by atoms with Gasteiger partial charge in [0.25, 0.3) is 5.91 Å². The van der Waals surface area contributed by atoms with Crippen molar-refractivity contribution in [1.29, 1.82) is 0 Å². The van der Waals surface area contributed by atoms with Crippen molar-refractivity contribution in [3.05, 3.63) is 53.1 Å². The van der Waals surface area contributed by atoms with E-state index in [0.29, 0.717) is 5.69 Å². The van der Waals surface area contributed by atoms with Crippen LogP contribution in [0.1, 0.15) is 10.4 Å². The van der Waals surface area contributed by atoms with Gasteiger partial charge in [-0.3, -0.25) is 15.6 Å². The lowest BCUT2D eigenvalue weighted by Gasteiger charge is -2.09. The number of aromatic nitrogens is 1.